The summed E-state index contributed by atoms with van der Waals surface area (Å²) in [6.45, 7) is 11.1. The molecule has 2 aromatic heterocycles. The Hall–Kier alpha value is -5.13. The third kappa shape index (κ3) is 13.9. The van der Waals surface area contributed by atoms with E-state index in [0.29, 0.717) is 37.6 Å². The van der Waals surface area contributed by atoms with Gasteiger partial charge in [-0.15, -0.1) is 0 Å². The zero-order chi connectivity index (χ0) is 40.8. The van der Waals surface area contributed by atoms with Crippen molar-refractivity contribution in [1.82, 2.24) is 9.55 Å². The van der Waals surface area contributed by atoms with E-state index in [-0.39, 0.29) is 17.9 Å². The Morgan fingerprint density at radius 3 is 1.73 bits per heavy atom. The summed E-state index contributed by atoms with van der Waals surface area (Å²) in [7, 11) is 2.68. The number of carboxylic acid groups (broad SMARTS) is 1. The van der Waals surface area contributed by atoms with Crippen LogP contribution in [0.3, 0.4) is 0 Å². The molecule has 0 aliphatic rings. The number of aliphatic carboxylic acids is 1. The zero-order valence-corrected chi connectivity index (χ0v) is 33.6. The number of hydrogen-bond donors (Lipinski definition) is 2. The van der Waals surface area contributed by atoms with E-state index in [1.54, 1.807) is 12.4 Å². The number of aromatic nitrogens is 2. The predicted octanol–water partition coefficient (Wildman–Crippen LogP) is 9.43. The minimum absolute atomic E-state index is 0.195. The van der Waals surface area contributed by atoms with E-state index in [2.05, 4.69) is 4.98 Å². The van der Waals surface area contributed by atoms with E-state index >= 15 is 0 Å². The average Bonchev–Trinajstić information content (AvgIpc) is 3.71. The fourth-order valence-electron chi connectivity index (χ4n) is 6.44. The number of carbonyl (C=O) groups is 5. The van der Waals surface area contributed by atoms with Crippen molar-refractivity contribution < 1.29 is 48.0 Å². The van der Waals surface area contributed by atoms with Gasteiger partial charge in [0.25, 0.3) is 0 Å². The van der Waals surface area contributed by atoms with Gasteiger partial charge in [-0.2, -0.15) is 0 Å². The van der Waals surface area contributed by atoms with Crippen molar-refractivity contribution in [3.8, 4) is 0 Å². The highest BCUT2D eigenvalue weighted by atomic mass is 16.6. The maximum atomic E-state index is 12.5. The molecule has 0 fully saturated rings. The molecule has 2 heterocycles. The van der Waals surface area contributed by atoms with Crippen LogP contribution in [-0.4, -0.2) is 70.0 Å². The summed E-state index contributed by atoms with van der Waals surface area (Å²) in [5, 5.41) is 11.4. The third-order valence-electron chi connectivity index (χ3n) is 8.86. The van der Waals surface area contributed by atoms with Gasteiger partial charge < -0.3 is 29.0 Å². The van der Waals surface area contributed by atoms with Gasteiger partial charge in [0.05, 0.1) is 31.6 Å². The summed E-state index contributed by atoms with van der Waals surface area (Å²) >= 11 is 0. The molecule has 0 aliphatic carbocycles. The molecule has 0 amide bonds. The number of hydrogen-bond acceptors (Lipinski definition) is 9. The molecule has 0 aliphatic heterocycles. The topological polar surface area (TPSA) is 163 Å². The number of fused-ring (bicyclic) bond motifs is 2. The van der Waals surface area contributed by atoms with Crippen LogP contribution in [0.4, 0.5) is 4.79 Å². The van der Waals surface area contributed by atoms with E-state index < -0.39 is 35.1 Å². The predicted molar refractivity (Wildman–Crippen MR) is 211 cm³/mol. The van der Waals surface area contributed by atoms with E-state index in [1.807, 2.05) is 90.1 Å². The molecule has 12 nitrogen and oxygen atoms in total. The Morgan fingerprint density at radius 2 is 1.20 bits per heavy atom. The molecule has 2 unspecified atom stereocenters. The van der Waals surface area contributed by atoms with Crippen molar-refractivity contribution in [1.29, 1.82) is 0 Å². The smallest absolute Gasteiger partial charge is 0.418 e. The van der Waals surface area contributed by atoms with Crippen molar-refractivity contribution in [2.45, 2.75) is 129 Å². The molecule has 300 valence electrons. The lowest BCUT2D eigenvalue weighted by molar-refractivity contribution is -0.156. The monoisotopic (exact) mass is 762 g/mol. The van der Waals surface area contributed by atoms with Crippen LogP contribution >= 0.6 is 0 Å². The maximum absolute atomic E-state index is 12.5. The molecule has 0 saturated carbocycles. The van der Waals surface area contributed by atoms with Crippen molar-refractivity contribution in [3.05, 3.63) is 72.1 Å². The quantitative estimate of drug-likeness (QED) is 0.0639. The number of benzene rings is 2. The first-order valence-corrected chi connectivity index (χ1v) is 18.9. The van der Waals surface area contributed by atoms with Gasteiger partial charge in [0.1, 0.15) is 11.2 Å². The second-order valence-electron chi connectivity index (χ2n) is 15.6. The summed E-state index contributed by atoms with van der Waals surface area (Å²) in [5.41, 5.74) is 2.25. The number of rotatable bonds is 16. The molecular formula is C43H58N2O10. The molecule has 2 N–H and O–H groups in total. The summed E-state index contributed by atoms with van der Waals surface area (Å²) < 4.78 is 21.9. The van der Waals surface area contributed by atoms with Crippen molar-refractivity contribution in [3.63, 3.8) is 0 Å². The minimum atomic E-state index is -0.808. The Balaban J connectivity index is 0.000000300. The fourth-order valence-corrected chi connectivity index (χ4v) is 6.44. The van der Waals surface area contributed by atoms with Crippen LogP contribution in [0, 0.1) is 0 Å². The van der Waals surface area contributed by atoms with Crippen molar-refractivity contribution in [2.75, 3.05) is 14.2 Å². The summed E-state index contributed by atoms with van der Waals surface area (Å²) in [5.74, 6) is -2.61. The molecule has 55 heavy (non-hydrogen) atoms. The van der Waals surface area contributed by atoms with E-state index in [0.717, 1.165) is 59.5 Å². The lowest BCUT2D eigenvalue weighted by Crippen LogP contribution is -2.23. The molecular weight excluding hydrogens is 704 g/mol. The zero-order valence-electron chi connectivity index (χ0n) is 33.6. The number of unbranched alkanes of at least 4 members (excludes halogenated alkanes) is 4. The maximum Gasteiger partial charge on any atom is 0.418 e. The molecule has 4 rings (SSSR count). The Kier molecular flexibility index (Phi) is 16.5. The number of esters is 3. The number of carbonyl (C=O) groups excluding carboxylic acids is 4. The van der Waals surface area contributed by atoms with Gasteiger partial charge in [-0.1, -0.05) is 62.1 Å². The van der Waals surface area contributed by atoms with Crippen LogP contribution in [0.1, 0.15) is 129 Å². The lowest BCUT2D eigenvalue weighted by Gasteiger charge is -2.19. The average molecular weight is 763 g/mol. The molecule has 4 aromatic rings. The van der Waals surface area contributed by atoms with Crippen LogP contribution < -0.4 is 0 Å². The Bertz CT molecular complexity index is 1890. The van der Waals surface area contributed by atoms with Gasteiger partial charge >= 0.3 is 30.0 Å². The third-order valence-corrected chi connectivity index (χ3v) is 8.86. The molecule has 12 heteroatoms. The first kappa shape index (κ1) is 44.3. The van der Waals surface area contributed by atoms with Gasteiger partial charge in [-0.25, -0.2) is 4.79 Å². The van der Waals surface area contributed by atoms with Crippen LogP contribution in [0.5, 0.6) is 0 Å². The number of H-pyrrole nitrogens is 1. The second kappa shape index (κ2) is 20.5. The van der Waals surface area contributed by atoms with Gasteiger partial charge in [0, 0.05) is 41.5 Å². The van der Waals surface area contributed by atoms with Gasteiger partial charge in [0.15, 0.2) is 0 Å². The van der Waals surface area contributed by atoms with Crippen molar-refractivity contribution >= 4 is 51.8 Å². The first-order chi connectivity index (χ1) is 26.0. The summed E-state index contributed by atoms with van der Waals surface area (Å²) in [6.07, 6.45) is 9.27. The number of methoxy groups -OCH3 is 2. The van der Waals surface area contributed by atoms with Crippen molar-refractivity contribution in [2.24, 2.45) is 0 Å². The van der Waals surface area contributed by atoms with Gasteiger partial charge in [-0.3, -0.25) is 23.7 Å². The van der Waals surface area contributed by atoms with Crippen LogP contribution in [0.2, 0.25) is 0 Å². The van der Waals surface area contributed by atoms with E-state index in [1.165, 1.54) is 18.8 Å². The summed E-state index contributed by atoms with van der Waals surface area (Å²) in [6, 6.07) is 15.1. The summed E-state index contributed by atoms with van der Waals surface area (Å²) in [4.78, 5) is 63.0. The van der Waals surface area contributed by atoms with E-state index in [9.17, 15) is 29.1 Å². The number of nitrogens with one attached hydrogen (secondary N) is 1. The first-order valence-electron chi connectivity index (χ1n) is 18.9. The number of ether oxygens (including phenoxy) is 4. The second-order valence-corrected chi connectivity index (χ2v) is 15.6. The standard InChI is InChI=1S/C23H31NO6.C20H27NO4/c1-23(2,3)30-20(25)14-8-6-7-12-17(21(26)28-4)18-15-24(22(27)29-5)19-13-10-9-11-16(18)19;1-20(2,3)25-18(22)12-6-4-5-10-15(19(23)24)16-13-21-17-11-8-7-9-14(16)17/h9-11,13,15,17H,6-8,12,14H2,1-5H3;7-9,11,13,15,21H,4-6,10,12H2,1-3H3,(H,23,24). The molecule has 0 spiro atoms. The number of nitrogens with zero attached hydrogens (tertiary/aromatic N) is 1. The Labute approximate surface area is 323 Å². The van der Waals surface area contributed by atoms with Crippen LogP contribution in [0.15, 0.2) is 60.9 Å². The SMILES string of the molecule is CC(C)(C)OC(=O)CCCCCC(C(=O)O)c1c[nH]c2ccccc12.COC(=O)C(CCCCCC(=O)OC(C)(C)C)c1cn(C(=O)OC)c2ccccc12. The molecule has 2 aromatic carbocycles. The molecule has 0 radical (unpaired) electrons. The lowest BCUT2D eigenvalue weighted by atomic mass is 9.92. The highest BCUT2D eigenvalue weighted by Crippen LogP contribution is 2.33. The molecule has 0 saturated heterocycles. The molecule has 0 bridgehead atoms. The number of carboxylic acids is 1. The highest BCUT2D eigenvalue weighted by Gasteiger charge is 2.27. The fraction of sp³-hybridized carbons (Fsp3) is 0.512. The van der Waals surface area contributed by atoms with Gasteiger partial charge in [0.2, 0.25) is 0 Å². The minimum Gasteiger partial charge on any atom is -0.481 e. The number of aromatic amines is 1. The molecule has 2 atom stereocenters. The van der Waals surface area contributed by atoms with Crippen LogP contribution in [0.25, 0.3) is 21.8 Å². The number of para-hydroxylation sites is 2. The Morgan fingerprint density at radius 1 is 0.673 bits per heavy atom. The largest absolute Gasteiger partial charge is 0.481 e. The normalized spacial score (nSPS) is 12.7. The highest BCUT2D eigenvalue weighted by molar-refractivity contribution is 5.95. The van der Waals surface area contributed by atoms with Crippen LogP contribution in [-0.2, 0) is 38.1 Å². The van der Waals surface area contributed by atoms with Gasteiger partial charge in [-0.05, 0) is 90.5 Å². The van der Waals surface area contributed by atoms with E-state index in [4.69, 9.17) is 18.9 Å².